The summed E-state index contributed by atoms with van der Waals surface area (Å²) in [5, 5.41) is 9.77. The summed E-state index contributed by atoms with van der Waals surface area (Å²) in [4.78, 5) is 1.75. The van der Waals surface area contributed by atoms with E-state index in [9.17, 15) is 17.9 Å². The monoisotopic (exact) mass is 265 g/mol. The van der Waals surface area contributed by atoms with E-state index in [1.54, 1.807) is 11.9 Å². The second-order valence-corrected chi connectivity index (χ2v) is 7.40. The van der Waals surface area contributed by atoms with Crippen LogP contribution in [0.5, 0.6) is 0 Å². The number of halogens is 1. The number of aliphatic hydroxyl groups excluding tert-OH is 1. The van der Waals surface area contributed by atoms with Crippen molar-refractivity contribution in [3.8, 4) is 0 Å². The van der Waals surface area contributed by atoms with Crippen molar-refractivity contribution in [3.05, 3.63) is 0 Å². The maximum Gasteiger partial charge on any atom is 0.154 e. The molecule has 0 bridgehead atoms. The molecular formula is C11H20FNO3S. The van der Waals surface area contributed by atoms with E-state index >= 15 is 0 Å². The van der Waals surface area contributed by atoms with Gasteiger partial charge in [-0.15, -0.1) is 0 Å². The van der Waals surface area contributed by atoms with Crippen LogP contribution in [0.2, 0.25) is 0 Å². The van der Waals surface area contributed by atoms with Crippen LogP contribution >= 0.6 is 0 Å². The van der Waals surface area contributed by atoms with Gasteiger partial charge in [0.2, 0.25) is 0 Å². The van der Waals surface area contributed by atoms with E-state index in [1.165, 1.54) is 0 Å². The fraction of sp³-hybridized carbons (Fsp3) is 1.00. The Morgan fingerprint density at radius 1 is 1.18 bits per heavy atom. The molecule has 1 heterocycles. The number of hydrogen-bond donors (Lipinski definition) is 1. The van der Waals surface area contributed by atoms with Gasteiger partial charge in [0.15, 0.2) is 9.84 Å². The zero-order chi connectivity index (χ0) is 12.6. The Kier molecular flexibility index (Phi) is 3.75. The molecule has 1 aliphatic heterocycles. The van der Waals surface area contributed by atoms with Gasteiger partial charge in [-0.2, -0.15) is 0 Å². The van der Waals surface area contributed by atoms with Crippen LogP contribution in [-0.4, -0.2) is 61.3 Å². The summed E-state index contributed by atoms with van der Waals surface area (Å²) in [6, 6.07) is -0.682. The molecule has 2 fully saturated rings. The van der Waals surface area contributed by atoms with Crippen molar-refractivity contribution < 1.29 is 17.9 Å². The van der Waals surface area contributed by atoms with Crippen molar-refractivity contribution in [2.45, 2.75) is 50.0 Å². The molecular weight excluding hydrogens is 245 g/mol. The molecule has 0 aromatic carbocycles. The zero-order valence-corrected chi connectivity index (χ0v) is 10.9. The molecule has 1 N–H and O–H groups in total. The highest BCUT2D eigenvalue weighted by molar-refractivity contribution is 7.91. The van der Waals surface area contributed by atoms with Crippen molar-refractivity contribution >= 4 is 9.84 Å². The number of aliphatic hydroxyl groups is 1. The Balaban J connectivity index is 2.06. The number of alkyl halides is 1. The highest BCUT2D eigenvalue weighted by atomic mass is 32.2. The molecule has 4 atom stereocenters. The number of sulfone groups is 1. The van der Waals surface area contributed by atoms with Crippen LogP contribution in [0.4, 0.5) is 4.39 Å². The maximum atomic E-state index is 13.8. The van der Waals surface area contributed by atoms with E-state index < -0.39 is 28.2 Å². The fourth-order valence-electron chi connectivity index (χ4n) is 2.97. The van der Waals surface area contributed by atoms with Gasteiger partial charge in [-0.05, 0) is 19.9 Å². The highest BCUT2D eigenvalue weighted by Crippen LogP contribution is 2.29. The predicted molar refractivity (Wildman–Crippen MR) is 63.4 cm³/mol. The summed E-state index contributed by atoms with van der Waals surface area (Å²) in [6.45, 7) is 0. The summed E-state index contributed by atoms with van der Waals surface area (Å²) < 4.78 is 36.7. The SMILES string of the molecule is CN(C1CS(=O)(=O)C[C@H]1O)[C@@H]1CCCC[C@H]1F. The second kappa shape index (κ2) is 4.82. The van der Waals surface area contributed by atoms with Gasteiger partial charge in [0, 0.05) is 6.04 Å². The van der Waals surface area contributed by atoms with Crippen molar-refractivity contribution in [2.75, 3.05) is 18.6 Å². The van der Waals surface area contributed by atoms with Crippen LogP contribution in [0.1, 0.15) is 25.7 Å². The van der Waals surface area contributed by atoms with Crippen LogP contribution in [0.15, 0.2) is 0 Å². The van der Waals surface area contributed by atoms with E-state index in [0.717, 1.165) is 19.3 Å². The van der Waals surface area contributed by atoms with Gasteiger partial charge in [-0.1, -0.05) is 12.8 Å². The molecule has 0 aromatic rings. The van der Waals surface area contributed by atoms with Crippen LogP contribution in [0.3, 0.4) is 0 Å². The lowest BCUT2D eigenvalue weighted by Crippen LogP contribution is -2.51. The van der Waals surface area contributed by atoms with Crippen molar-refractivity contribution in [1.82, 2.24) is 4.90 Å². The maximum absolute atomic E-state index is 13.8. The first-order valence-corrected chi connectivity index (χ1v) is 7.97. The number of likely N-dealkylation sites (N-methyl/N-ethyl adjacent to an activating group) is 1. The summed E-state index contributed by atoms with van der Waals surface area (Å²) in [7, 11) is -1.43. The molecule has 0 amide bonds. The van der Waals surface area contributed by atoms with Gasteiger partial charge in [-0.3, -0.25) is 4.90 Å². The Morgan fingerprint density at radius 2 is 1.82 bits per heavy atom. The van der Waals surface area contributed by atoms with E-state index in [0.29, 0.717) is 6.42 Å². The first kappa shape index (κ1) is 13.2. The van der Waals surface area contributed by atoms with Gasteiger partial charge in [0.1, 0.15) is 6.17 Å². The number of nitrogens with zero attached hydrogens (tertiary/aromatic N) is 1. The minimum absolute atomic E-state index is 0.0477. The third-order valence-corrected chi connectivity index (χ3v) is 5.69. The van der Waals surface area contributed by atoms with Crippen molar-refractivity contribution in [2.24, 2.45) is 0 Å². The van der Waals surface area contributed by atoms with Gasteiger partial charge < -0.3 is 5.11 Å². The first-order chi connectivity index (χ1) is 7.91. The van der Waals surface area contributed by atoms with Gasteiger partial charge >= 0.3 is 0 Å². The summed E-state index contributed by atoms with van der Waals surface area (Å²) in [6.07, 6.45) is 1.40. The molecule has 0 radical (unpaired) electrons. The Hall–Kier alpha value is -0.200. The quantitative estimate of drug-likeness (QED) is 0.783. The van der Waals surface area contributed by atoms with E-state index in [-0.39, 0.29) is 17.5 Å². The zero-order valence-electron chi connectivity index (χ0n) is 10.0. The Labute approximate surface area is 102 Å². The summed E-state index contributed by atoms with van der Waals surface area (Å²) in [5.41, 5.74) is 0. The number of rotatable bonds is 2. The molecule has 0 spiro atoms. The molecule has 100 valence electrons. The molecule has 17 heavy (non-hydrogen) atoms. The smallest absolute Gasteiger partial charge is 0.154 e. The summed E-state index contributed by atoms with van der Waals surface area (Å²) >= 11 is 0. The third-order valence-electron chi connectivity index (χ3n) is 3.99. The van der Waals surface area contributed by atoms with Crippen LogP contribution in [0.25, 0.3) is 0 Å². The predicted octanol–water partition coefficient (Wildman–Crippen LogP) is 0.357. The minimum Gasteiger partial charge on any atom is -0.390 e. The number of hydrogen-bond acceptors (Lipinski definition) is 4. The van der Waals surface area contributed by atoms with Crippen molar-refractivity contribution in [3.63, 3.8) is 0 Å². The standard InChI is InChI=1S/C11H20FNO3S/c1-13(9-5-3-2-4-8(9)12)10-6-17(15,16)7-11(10)14/h8-11,14H,2-7H2,1H3/t8-,9-,10?,11-/m1/s1. The molecule has 1 saturated carbocycles. The molecule has 4 nitrogen and oxygen atoms in total. The lowest BCUT2D eigenvalue weighted by molar-refractivity contribution is 0.0253. The van der Waals surface area contributed by atoms with Crippen LogP contribution in [0, 0.1) is 0 Å². The average molecular weight is 265 g/mol. The average Bonchev–Trinajstić information content (AvgIpc) is 2.52. The second-order valence-electron chi connectivity index (χ2n) is 5.24. The molecule has 0 aromatic heterocycles. The minimum atomic E-state index is -3.16. The summed E-state index contributed by atoms with van der Waals surface area (Å²) in [5.74, 6) is -0.237. The largest absolute Gasteiger partial charge is 0.390 e. The lowest BCUT2D eigenvalue weighted by Gasteiger charge is -2.38. The van der Waals surface area contributed by atoms with E-state index in [1.807, 2.05) is 0 Å². The lowest BCUT2D eigenvalue weighted by atomic mass is 9.91. The molecule has 2 rings (SSSR count). The van der Waals surface area contributed by atoms with Crippen molar-refractivity contribution in [1.29, 1.82) is 0 Å². The highest BCUT2D eigenvalue weighted by Gasteiger charge is 2.42. The topological polar surface area (TPSA) is 57.6 Å². The molecule has 6 heteroatoms. The first-order valence-electron chi connectivity index (χ1n) is 6.15. The van der Waals surface area contributed by atoms with Crippen LogP contribution < -0.4 is 0 Å². The molecule has 2 aliphatic rings. The normalized spacial score (nSPS) is 41.9. The third kappa shape index (κ3) is 2.80. The van der Waals surface area contributed by atoms with E-state index in [2.05, 4.69) is 0 Å². The van der Waals surface area contributed by atoms with Gasteiger partial charge in [0.25, 0.3) is 0 Å². The molecule has 1 unspecified atom stereocenters. The fourth-order valence-corrected chi connectivity index (χ4v) is 4.83. The van der Waals surface area contributed by atoms with Gasteiger partial charge in [-0.25, -0.2) is 12.8 Å². The molecule has 1 aliphatic carbocycles. The molecule has 1 saturated heterocycles. The van der Waals surface area contributed by atoms with Gasteiger partial charge in [0.05, 0.1) is 23.7 Å². The van der Waals surface area contributed by atoms with E-state index in [4.69, 9.17) is 0 Å². The Bertz CT molecular complexity index is 373. The van der Waals surface area contributed by atoms with Crippen LogP contribution in [-0.2, 0) is 9.84 Å². The Morgan fingerprint density at radius 3 is 2.35 bits per heavy atom.